The highest BCUT2D eigenvalue weighted by molar-refractivity contribution is 7.99. The normalized spacial score (nSPS) is 10.5. The molecule has 134 valence electrons. The smallest absolute Gasteiger partial charge is 0.442 e. The fourth-order valence-electron chi connectivity index (χ4n) is 2.26. The second-order valence-electron chi connectivity index (χ2n) is 5.52. The number of aryl methyl sites for hydroxylation is 1. The Kier molecular flexibility index (Phi) is 5.43. The molecule has 1 heterocycles. The zero-order valence-electron chi connectivity index (χ0n) is 14.3. The van der Waals surface area contributed by atoms with E-state index in [-0.39, 0.29) is 11.7 Å². The average Bonchev–Trinajstić information content (AvgIpc) is 3.02. The van der Waals surface area contributed by atoms with Crippen LogP contribution in [0.4, 0.5) is 5.69 Å². The van der Waals surface area contributed by atoms with Gasteiger partial charge >= 0.3 is 10.7 Å². The lowest BCUT2D eigenvalue weighted by Gasteiger charge is -2.05. The Morgan fingerprint density at radius 2 is 1.88 bits per heavy atom. The van der Waals surface area contributed by atoms with E-state index in [1.165, 1.54) is 4.68 Å². The third-order valence-corrected chi connectivity index (χ3v) is 4.64. The van der Waals surface area contributed by atoms with Crippen molar-refractivity contribution < 1.29 is 18.7 Å². The summed E-state index contributed by atoms with van der Waals surface area (Å²) in [6.07, 6.45) is 0. The summed E-state index contributed by atoms with van der Waals surface area (Å²) < 4.78 is 11.5. The Morgan fingerprint density at radius 3 is 2.54 bits per heavy atom. The summed E-state index contributed by atoms with van der Waals surface area (Å²) in [6.45, 7) is 1.98. The van der Waals surface area contributed by atoms with Crippen LogP contribution in [0.5, 0.6) is 5.75 Å². The van der Waals surface area contributed by atoms with E-state index in [9.17, 15) is 9.59 Å². The van der Waals surface area contributed by atoms with Crippen molar-refractivity contribution in [2.45, 2.75) is 11.9 Å². The molecular formula is C18H18N3O4S+. The van der Waals surface area contributed by atoms with Crippen molar-refractivity contribution in [1.82, 2.24) is 5.27 Å². The van der Waals surface area contributed by atoms with Crippen LogP contribution in [0.15, 0.2) is 62.9 Å². The maximum Gasteiger partial charge on any atom is 0.442 e. The first kappa shape index (κ1) is 17.8. The van der Waals surface area contributed by atoms with E-state index in [0.717, 1.165) is 23.0 Å². The van der Waals surface area contributed by atoms with E-state index in [4.69, 9.17) is 9.26 Å². The summed E-state index contributed by atoms with van der Waals surface area (Å²) >= 11 is 1.10. The van der Waals surface area contributed by atoms with Crippen molar-refractivity contribution in [2.75, 3.05) is 18.2 Å². The van der Waals surface area contributed by atoms with Gasteiger partial charge in [-0.2, -0.15) is 0 Å². The van der Waals surface area contributed by atoms with Gasteiger partial charge < -0.3 is 10.1 Å². The van der Waals surface area contributed by atoms with E-state index < -0.39 is 5.63 Å². The number of anilines is 1. The molecule has 7 nitrogen and oxygen atoms in total. The minimum atomic E-state index is -0.521. The predicted octanol–water partition coefficient (Wildman–Crippen LogP) is 2.29. The summed E-state index contributed by atoms with van der Waals surface area (Å²) in [5.74, 6) is 0.554. The number of nitrogens with one attached hydrogen (secondary N) is 2. The van der Waals surface area contributed by atoms with Crippen LogP contribution in [0, 0.1) is 6.92 Å². The van der Waals surface area contributed by atoms with E-state index in [0.29, 0.717) is 16.5 Å². The number of amides is 1. The number of carbonyl (C=O) groups excluding carboxylic acids is 1. The van der Waals surface area contributed by atoms with E-state index >= 15 is 0 Å². The maximum absolute atomic E-state index is 12.2. The van der Waals surface area contributed by atoms with E-state index in [1.807, 2.05) is 31.2 Å². The predicted molar refractivity (Wildman–Crippen MR) is 97.9 cm³/mol. The zero-order chi connectivity index (χ0) is 18.5. The molecule has 1 aromatic heterocycles. The van der Waals surface area contributed by atoms with Crippen molar-refractivity contribution >= 4 is 23.4 Å². The molecule has 2 N–H and O–H groups in total. The van der Waals surface area contributed by atoms with Crippen LogP contribution < -0.4 is 20.4 Å². The van der Waals surface area contributed by atoms with Crippen molar-refractivity contribution in [1.29, 1.82) is 0 Å². The van der Waals surface area contributed by atoms with Crippen molar-refractivity contribution in [2.24, 2.45) is 0 Å². The molecule has 1 amide bonds. The minimum Gasteiger partial charge on any atom is -0.497 e. The number of methoxy groups -OCH3 is 1. The Labute approximate surface area is 153 Å². The standard InChI is InChI=1S/C18H17N3O4S/c1-12-3-7-14(8-4-12)21-17(18(23)25-20-21)26-11-16(22)19-13-5-9-15(24-2)10-6-13/h3-10H,11H2,1-2H3,(H-,19,20,22,23)/p+1. The van der Waals surface area contributed by atoms with Crippen LogP contribution in [0.1, 0.15) is 5.56 Å². The molecule has 0 aliphatic rings. The van der Waals surface area contributed by atoms with Gasteiger partial charge in [0.1, 0.15) is 5.75 Å². The highest BCUT2D eigenvalue weighted by Crippen LogP contribution is 2.16. The summed E-state index contributed by atoms with van der Waals surface area (Å²) in [7, 11) is 1.58. The van der Waals surface area contributed by atoms with Crippen LogP contribution in [0.2, 0.25) is 0 Å². The SMILES string of the molecule is COc1ccc(NC(=O)CSc2c(=O)o[nH][n+]2-c2ccc(C)cc2)cc1. The molecule has 26 heavy (non-hydrogen) atoms. The molecule has 0 saturated carbocycles. The number of thioether (sulfide) groups is 1. The van der Waals surface area contributed by atoms with Gasteiger partial charge in [0.05, 0.1) is 12.9 Å². The van der Waals surface area contributed by atoms with Crippen molar-refractivity contribution in [3.8, 4) is 11.4 Å². The van der Waals surface area contributed by atoms with Gasteiger partial charge in [-0.25, -0.2) is 4.79 Å². The highest BCUT2D eigenvalue weighted by atomic mass is 32.2. The third kappa shape index (κ3) is 4.15. The van der Waals surface area contributed by atoms with E-state index in [2.05, 4.69) is 10.6 Å². The number of nitrogens with zero attached hydrogens (tertiary/aromatic N) is 1. The molecular weight excluding hydrogens is 354 g/mol. The van der Waals surface area contributed by atoms with Gasteiger partial charge in [0.2, 0.25) is 11.6 Å². The highest BCUT2D eigenvalue weighted by Gasteiger charge is 2.24. The number of H-pyrrole nitrogens is 1. The molecule has 0 unspecified atom stereocenters. The Bertz CT molecular complexity index is 946. The number of benzene rings is 2. The first-order valence-electron chi connectivity index (χ1n) is 7.84. The second-order valence-corrected chi connectivity index (χ2v) is 6.49. The van der Waals surface area contributed by atoms with Gasteiger partial charge in [-0.15, -0.1) is 0 Å². The maximum atomic E-state index is 12.2. The van der Waals surface area contributed by atoms with Gasteiger partial charge in [-0.05, 0) is 52.9 Å². The lowest BCUT2D eigenvalue weighted by molar-refractivity contribution is -0.704. The van der Waals surface area contributed by atoms with Crippen molar-refractivity contribution in [3.05, 3.63) is 64.5 Å². The summed E-state index contributed by atoms with van der Waals surface area (Å²) in [5.41, 5.74) is 1.99. The number of rotatable bonds is 6. The van der Waals surface area contributed by atoms with Gasteiger partial charge in [-0.1, -0.05) is 17.7 Å². The largest absolute Gasteiger partial charge is 0.497 e. The lowest BCUT2D eigenvalue weighted by Crippen LogP contribution is -2.36. The molecule has 2 aromatic carbocycles. The number of hydrogen-bond donors (Lipinski definition) is 2. The summed E-state index contributed by atoms with van der Waals surface area (Å²) in [6, 6.07) is 14.6. The molecule has 0 aliphatic carbocycles. The zero-order valence-corrected chi connectivity index (χ0v) is 15.1. The second kappa shape index (κ2) is 7.92. The van der Waals surface area contributed by atoms with Gasteiger partial charge in [0, 0.05) is 17.8 Å². The van der Waals surface area contributed by atoms with Crippen LogP contribution in [-0.2, 0) is 4.79 Å². The lowest BCUT2D eigenvalue weighted by atomic mass is 10.2. The van der Waals surface area contributed by atoms with Crippen LogP contribution in [0.25, 0.3) is 5.69 Å². The van der Waals surface area contributed by atoms with Crippen LogP contribution >= 0.6 is 11.8 Å². The molecule has 0 atom stereocenters. The first-order valence-corrected chi connectivity index (χ1v) is 8.82. The Balaban J connectivity index is 1.67. The minimum absolute atomic E-state index is 0.0699. The molecule has 0 radical (unpaired) electrons. The molecule has 0 spiro atoms. The fourth-order valence-corrected chi connectivity index (χ4v) is 3.03. The monoisotopic (exact) mass is 372 g/mol. The first-order chi connectivity index (χ1) is 12.6. The third-order valence-electron chi connectivity index (χ3n) is 3.61. The van der Waals surface area contributed by atoms with Gasteiger partial charge in [0.25, 0.3) is 0 Å². The quantitative estimate of drug-likeness (QED) is 0.512. The molecule has 0 bridgehead atoms. The molecule has 8 heteroatoms. The molecule has 0 fully saturated rings. The number of aromatic nitrogens is 2. The van der Waals surface area contributed by atoms with Gasteiger partial charge in [0.15, 0.2) is 0 Å². The molecule has 0 aliphatic heterocycles. The number of aromatic amines is 1. The van der Waals surface area contributed by atoms with Crippen LogP contribution in [0.3, 0.4) is 0 Å². The number of hydrogen-bond acceptors (Lipinski definition) is 5. The topological polar surface area (TPSA) is 88.2 Å². The average molecular weight is 372 g/mol. The van der Waals surface area contributed by atoms with Crippen molar-refractivity contribution in [3.63, 3.8) is 0 Å². The molecule has 3 aromatic rings. The summed E-state index contributed by atoms with van der Waals surface area (Å²) in [4.78, 5) is 24.1. The Hall–Kier alpha value is -3.00. The summed E-state index contributed by atoms with van der Waals surface area (Å²) in [5, 5.41) is 5.64. The number of carbonyl (C=O) groups is 1. The van der Waals surface area contributed by atoms with E-state index in [1.54, 1.807) is 31.4 Å². The van der Waals surface area contributed by atoms with Gasteiger partial charge in [-0.3, -0.25) is 9.32 Å². The fraction of sp³-hybridized carbons (Fsp3) is 0.167. The van der Waals surface area contributed by atoms with Crippen LogP contribution in [-0.4, -0.2) is 24.0 Å². The number of ether oxygens (including phenoxy) is 1. The molecule has 3 rings (SSSR count). The Morgan fingerprint density at radius 1 is 1.19 bits per heavy atom. The molecule has 0 saturated heterocycles.